The quantitative estimate of drug-likeness (QED) is 0.426. The summed E-state index contributed by atoms with van der Waals surface area (Å²) in [5, 5.41) is 3.79. The molecule has 0 saturated heterocycles. The molecule has 1 aromatic heterocycles. The molecule has 33 heavy (non-hydrogen) atoms. The fourth-order valence-corrected chi connectivity index (χ4v) is 3.53. The van der Waals surface area contributed by atoms with Crippen molar-refractivity contribution < 1.29 is 32.1 Å². The molecule has 180 valence electrons. The van der Waals surface area contributed by atoms with Crippen LogP contribution >= 0.6 is 0 Å². The Morgan fingerprint density at radius 1 is 0.909 bits per heavy atom. The summed E-state index contributed by atoms with van der Waals surface area (Å²) < 4.78 is 60.4. The van der Waals surface area contributed by atoms with Crippen LogP contribution in [-0.4, -0.2) is 45.6 Å². The molecule has 3 rings (SSSR count). The van der Waals surface area contributed by atoms with Crippen LogP contribution in [-0.2, 0) is 6.42 Å². The smallest absolute Gasteiger partial charge is 0.405 e. The normalized spacial score (nSPS) is 11.0. The Bertz CT molecular complexity index is 1060. The van der Waals surface area contributed by atoms with Gasteiger partial charge in [0.2, 0.25) is 5.75 Å². The number of hydrogen-bond donors (Lipinski definition) is 1. The van der Waals surface area contributed by atoms with E-state index >= 15 is 0 Å². The number of halogens is 3. The number of pyridine rings is 1. The third-order valence-corrected chi connectivity index (χ3v) is 4.87. The minimum absolute atomic E-state index is 0. The third-order valence-electron chi connectivity index (χ3n) is 4.87. The zero-order valence-electron chi connectivity index (χ0n) is 18.3. The topological polar surface area (TPSA) is 61.8 Å². The van der Waals surface area contributed by atoms with Crippen molar-refractivity contribution in [1.82, 2.24) is 4.98 Å². The standard InChI is InChI=1S/C23H25F3N2O4.CH4/c1-5-32-18-7-6-16-15(11-27-12-17(16)21(18)28-13-23(24,25)26)8-14-9-19(29-2)22(31-4)20(10-14)30-3;/h6-7,9-12,28H,5,8,13H2,1-4H3;1H4. The van der Waals surface area contributed by atoms with Crippen LogP contribution < -0.4 is 24.3 Å². The molecule has 0 aliphatic carbocycles. The van der Waals surface area contributed by atoms with E-state index in [9.17, 15) is 13.2 Å². The molecular weight excluding hydrogens is 437 g/mol. The molecule has 0 aliphatic heterocycles. The van der Waals surface area contributed by atoms with E-state index < -0.39 is 12.7 Å². The molecule has 0 saturated carbocycles. The van der Waals surface area contributed by atoms with Gasteiger partial charge in [-0.2, -0.15) is 13.2 Å². The largest absolute Gasteiger partial charge is 0.493 e. The number of hydrogen-bond acceptors (Lipinski definition) is 6. The van der Waals surface area contributed by atoms with Crippen molar-refractivity contribution in [3.8, 4) is 23.0 Å². The van der Waals surface area contributed by atoms with Gasteiger partial charge in [-0.15, -0.1) is 0 Å². The summed E-state index contributed by atoms with van der Waals surface area (Å²) in [6, 6.07) is 7.16. The first kappa shape index (κ1) is 25.9. The SMILES string of the molecule is C.CCOc1ccc2c(Cc3cc(OC)c(OC)c(OC)c3)cncc2c1NCC(F)(F)F. The number of nitrogens with zero attached hydrogens (tertiary/aromatic N) is 1. The highest BCUT2D eigenvalue weighted by atomic mass is 19.4. The summed E-state index contributed by atoms with van der Waals surface area (Å²) in [7, 11) is 4.60. The lowest BCUT2D eigenvalue weighted by atomic mass is 9.99. The van der Waals surface area contributed by atoms with Crippen LogP contribution in [0.15, 0.2) is 36.7 Å². The molecular formula is C24H29F3N2O4. The van der Waals surface area contributed by atoms with Crippen LogP contribution in [0, 0.1) is 0 Å². The van der Waals surface area contributed by atoms with E-state index in [2.05, 4.69) is 10.3 Å². The number of rotatable bonds is 9. The van der Waals surface area contributed by atoms with Gasteiger partial charge < -0.3 is 24.3 Å². The van der Waals surface area contributed by atoms with Gasteiger partial charge in [0, 0.05) is 17.8 Å². The number of nitrogens with one attached hydrogen (secondary N) is 1. The van der Waals surface area contributed by atoms with Crippen LogP contribution in [0.2, 0.25) is 0 Å². The van der Waals surface area contributed by atoms with Crippen molar-refractivity contribution in [3.63, 3.8) is 0 Å². The molecule has 0 aliphatic rings. The number of alkyl halides is 3. The number of methoxy groups -OCH3 is 3. The molecule has 0 bridgehead atoms. The van der Waals surface area contributed by atoms with Gasteiger partial charge in [0.15, 0.2) is 11.5 Å². The van der Waals surface area contributed by atoms with E-state index in [4.69, 9.17) is 18.9 Å². The zero-order chi connectivity index (χ0) is 23.3. The molecule has 0 fully saturated rings. The van der Waals surface area contributed by atoms with Crippen LogP contribution in [0.25, 0.3) is 10.8 Å². The molecule has 9 heteroatoms. The summed E-state index contributed by atoms with van der Waals surface area (Å²) in [4.78, 5) is 4.27. The van der Waals surface area contributed by atoms with Crippen molar-refractivity contribution in [1.29, 1.82) is 0 Å². The van der Waals surface area contributed by atoms with Crippen LogP contribution in [0.3, 0.4) is 0 Å². The molecule has 0 spiro atoms. The van der Waals surface area contributed by atoms with E-state index in [1.54, 1.807) is 19.2 Å². The van der Waals surface area contributed by atoms with Gasteiger partial charge in [-0.3, -0.25) is 4.98 Å². The fourth-order valence-electron chi connectivity index (χ4n) is 3.53. The van der Waals surface area contributed by atoms with E-state index in [0.29, 0.717) is 41.4 Å². The molecule has 6 nitrogen and oxygen atoms in total. The van der Waals surface area contributed by atoms with Crippen molar-refractivity contribution in [2.75, 3.05) is 39.8 Å². The van der Waals surface area contributed by atoms with E-state index in [1.807, 2.05) is 18.2 Å². The Hall–Kier alpha value is -3.36. The van der Waals surface area contributed by atoms with Crippen molar-refractivity contribution >= 4 is 16.5 Å². The maximum absolute atomic E-state index is 12.9. The van der Waals surface area contributed by atoms with E-state index in [-0.39, 0.29) is 13.1 Å². The van der Waals surface area contributed by atoms with E-state index in [0.717, 1.165) is 16.5 Å². The molecule has 0 amide bonds. The highest BCUT2D eigenvalue weighted by molar-refractivity contribution is 5.98. The Kier molecular flexibility index (Phi) is 8.62. The first-order chi connectivity index (χ1) is 15.3. The number of ether oxygens (including phenoxy) is 4. The monoisotopic (exact) mass is 466 g/mol. The lowest BCUT2D eigenvalue weighted by Crippen LogP contribution is -2.21. The summed E-state index contributed by atoms with van der Waals surface area (Å²) in [5.74, 6) is 1.85. The predicted octanol–water partition coefficient (Wildman–Crippen LogP) is 5.86. The second-order valence-electron chi connectivity index (χ2n) is 6.94. The summed E-state index contributed by atoms with van der Waals surface area (Å²) >= 11 is 0. The number of aromatic nitrogens is 1. The molecule has 0 atom stereocenters. The maximum atomic E-state index is 12.9. The van der Waals surface area contributed by atoms with Gasteiger partial charge in [0.1, 0.15) is 12.3 Å². The molecule has 3 aromatic rings. The minimum Gasteiger partial charge on any atom is -0.493 e. The maximum Gasteiger partial charge on any atom is 0.405 e. The molecule has 1 N–H and O–H groups in total. The predicted molar refractivity (Wildman–Crippen MR) is 123 cm³/mol. The van der Waals surface area contributed by atoms with Gasteiger partial charge in [-0.1, -0.05) is 13.5 Å². The van der Waals surface area contributed by atoms with Crippen LogP contribution in [0.5, 0.6) is 23.0 Å². The first-order valence-corrected chi connectivity index (χ1v) is 9.93. The lowest BCUT2D eigenvalue weighted by Gasteiger charge is -2.18. The molecule has 0 radical (unpaired) electrons. The second kappa shape index (κ2) is 11.0. The van der Waals surface area contributed by atoms with Crippen LogP contribution in [0.4, 0.5) is 18.9 Å². The Labute approximate surface area is 191 Å². The van der Waals surface area contributed by atoms with Crippen LogP contribution in [0.1, 0.15) is 25.5 Å². The fraction of sp³-hybridized carbons (Fsp3) is 0.375. The van der Waals surface area contributed by atoms with E-state index in [1.165, 1.54) is 27.5 Å². The van der Waals surface area contributed by atoms with Gasteiger partial charge >= 0.3 is 6.18 Å². The summed E-state index contributed by atoms with van der Waals surface area (Å²) in [6.07, 6.45) is -0.685. The Morgan fingerprint density at radius 2 is 1.58 bits per heavy atom. The average molecular weight is 467 g/mol. The highest BCUT2D eigenvalue weighted by Crippen LogP contribution is 2.40. The number of fused-ring (bicyclic) bond motifs is 1. The third kappa shape index (κ3) is 5.91. The Morgan fingerprint density at radius 3 is 2.12 bits per heavy atom. The first-order valence-electron chi connectivity index (χ1n) is 9.93. The van der Waals surface area contributed by atoms with Gasteiger partial charge in [-0.25, -0.2) is 0 Å². The van der Waals surface area contributed by atoms with Gasteiger partial charge in [0.25, 0.3) is 0 Å². The van der Waals surface area contributed by atoms with Gasteiger partial charge in [0.05, 0.1) is 33.6 Å². The van der Waals surface area contributed by atoms with Gasteiger partial charge in [-0.05, 0) is 48.1 Å². The minimum atomic E-state index is -4.37. The lowest BCUT2D eigenvalue weighted by molar-refractivity contribution is -0.115. The van der Waals surface area contributed by atoms with Crippen molar-refractivity contribution in [2.45, 2.75) is 26.9 Å². The van der Waals surface area contributed by atoms with Crippen molar-refractivity contribution in [3.05, 3.63) is 47.8 Å². The second-order valence-corrected chi connectivity index (χ2v) is 6.94. The summed E-state index contributed by atoms with van der Waals surface area (Å²) in [6.45, 7) is 0.922. The van der Waals surface area contributed by atoms with Crippen molar-refractivity contribution in [2.24, 2.45) is 0 Å². The Balaban J connectivity index is 0.00000385. The summed E-state index contributed by atoms with van der Waals surface area (Å²) in [5.41, 5.74) is 1.96. The number of benzene rings is 2. The molecule has 1 heterocycles. The molecule has 0 unspecified atom stereocenters. The highest BCUT2D eigenvalue weighted by Gasteiger charge is 2.28. The average Bonchev–Trinajstić information content (AvgIpc) is 2.77. The zero-order valence-corrected chi connectivity index (χ0v) is 18.3. The number of anilines is 1. The molecule has 2 aromatic carbocycles.